The second-order valence-electron chi connectivity index (χ2n) is 10.2. The molecule has 2 aliphatic heterocycles. The molecule has 0 spiro atoms. The number of carbonyl (C=O) groups excluding carboxylic acids is 3. The van der Waals surface area contributed by atoms with E-state index in [4.69, 9.17) is 15.2 Å². The number of hydrogen-bond donors (Lipinski definition) is 3. The van der Waals surface area contributed by atoms with Crippen LogP contribution in [0, 0.1) is 17.2 Å². The first-order chi connectivity index (χ1) is 17.3. The highest BCUT2D eigenvalue weighted by molar-refractivity contribution is 7.85. The minimum absolute atomic E-state index is 0.00727. The van der Waals surface area contributed by atoms with Crippen LogP contribution in [-0.2, 0) is 30.2 Å². The number of aromatic hydroxyl groups is 1. The van der Waals surface area contributed by atoms with Crippen molar-refractivity contribution in [3.05, 3.63) is 29.6 Å². The summed E-state index contributed by atoms with van der Waals surface area (Å²) in [5.74, 6) is -2.75. The second kappa shape index (κ2) is 9.93. The molecule has 202 valence electrons. The van der Waals surface area contributed by atoms with Gasteiger partial charge in [-0.1, -0.05) is 26.8 Å². The van der Waals surface area contributed by atoms with Crippen LogP contribution in [-0.4, -0.2) is 63.6 Å². The van der Waals surface area contributed by atoms with Crippen LogP contribution < -0.4 is 14.8 Å². The van der Waals surface area contributed by atoms with Gasteiger partial charge in [-0.3, -0.25) is 23.5 Å². The van der Waals surface area contributed by atoms with Crippen LogP contribution in [0.15, 0.2) is 18.2 Å². The van der Waals surface area contributed by atoms with Gasteiger partial charge in [-0.15, -0.1) is 0 Å². The maximum atomic E-state index is 15.7. The summed E-state index contributed by atoms with van der Waals surface area (Å²) in [7, 11) is 0. The van der Waals surface area contributed by atoms with Crippen LogP contribution >= 0.6 is 0 Å². The van der Waals surface area contributed by atoms with Gasteiger partial charge in [0.1, 0.15) is 24.0 Å². The van der Waals surface area contributed by atoms with Crippen LogP contribution in [0.3, 0.4) is 0 Å². The van der Waals surface area contributed by atoms with Crippen molar-refractivity contribution in [2.45, 2.75) is 58.9 Å². The number of nitrogens with one attached hydrogen (secondary N) is 1. The Kier molecular flexibility index (Phi) is 7.21. The minimum atomic E-state index is -2.04. The number of hydrogen-bond acceptors (Lipinski definition) is 8. The zero-order chi connectivity index (χ0) is 27.2. The first-order valence-corrected chi connectivity index (χ1v) is 13.1. The van der Waals surface area contributed by atoms with E-state index in [-0.39, 0.29) is 35.7 Å². The molecule has 13 heteroatoms. The third kappa shape index (κ3) is 5.28. The molecule has 0 radical (unpaired) electrons. The average molecular weight is 539 g/mol. The Morgan fingerprint density at radius 3 is 2.49 bits per heavy atom. The van der Waals surface area contributed by atoms with Crippen LogP contribution in [0.5, 0.6) is 5.75 Å². The van der Waals surface area contributed by atoms with E-state index in [2.05, 4.69) is 4.72 Å². The van der Waals surface area contributed by atoms with E-state index < -0.39 is 59.1 Å². The van der Waals surface area contributed by atoms with E-state index in [1.165, 1.54) is 24.0 Å². The van der Waals surface area contributed by atoms with Crippen molar-refractivity contribution in [3.8, 4) is 5.75 Å². The van der Waals surface area contributed by atoms with Gasteiger partial charge in [0.25, 0.3) is 5.91 Å². The molecule has 2 fully saturated rings. The van der Waals surface area contributed by atoms with Crippen molar-refractivity contribution in [2.75, 3.05) is 17.4 Å². The van der Waals surface area contributed by atoms with Gasteiger partial charge < -0.3 is 20.3 Å². The lowest BCUT2D eigenvalue weighted by molar-refractivity contribution is -0.168. The van der Waals surface area contributed by atoms with Crippen molar-refractivity contribution in [1.29, 1.82) is 0 Å². The van der Waals surface area contributed by atoms with Gasteiger partial charge in [0.2, 0.25) is 17.5 Å². The Morgan fingerprint density at radius 2 is 1.92 bits per heavy atom. The van der Waals surface area contributed by atoms with Crippen molar-refractivity contribution in [2.24, 2.45) is 17.1 Å². The lowest BCUT2D eigenvalue weighted by Crippen LogP contribution is -2.44. The molecule has 4 N–H and O–H groups in total. The predicted octanol–water partition coefficient (Wildman–Crippen LogP) is 1.92. The van der Waals surface area contributed by atoms with E-state index in [1.54, 1.807) is 19.9 Å². The number of benzene rings is 1. The number of nitrogens with zero attached hydrogens (tertiary/aromatic N) is 2. The van der Waals surface area contributed by atoms with E-state index in [9.17, 15) is 23.7 Å². The topological polar surface area (TPSA) is 152 Å². The first-order valence-electron chi connectivity index (χ1n) is 12.0. The second-order valence-corrected chi connectivity index (χ2v) is 11.3. The molecule has 1 saturated carbocycles. The average Bonchev–Trinajstić information content (AvgIpc) is 3.24. The molecule has 37 heavy (non-hydrogen) atoms. The number of ether oxygens (including phenoxy) is 2. The summed E-state index contributed by atoms with van der Waals surface area (Å²) in [5.41, 5.74) is 5.75. The summed E-state index contributed by atoms with van der Waals surface area (Å²) in [6, 6.07) is 1.36. The summed E-state index contributed by atoms with van der Waals surface area (Å²) < 4.78 is 41.5. The Balaban J connectivity index is 1.56. The lowest BCUT2D eigenvalue weighted by Gasteiger charge is -2.30. The molecular weight excluding hydrogens is 507 g/mol. The SMILES string of the molecule is CC(OC(=O)C(N)C(C)C)OC(=O)N1CC(c2ccc(O)c(N3CC(=O)NS3=O)c2F)=CC1C1(C)CC1. The highest BCUT2D eigenvalue weighted by Crippen LogP contribution is 2.53. The maximum absolute atomic E-state index is 15.7. The fraction of sp³-hybridized carbons (Fsp3) is 0.542. The number of carbonyl (C=O) groups is 3. The highest BCUT2D eigenvalue weighted by Gasteiger charge is 2.51. The van der Waals surface area contributed by atoms with Crippen molar-refractivity contribution in [3.63, 3.8) is 0 Å². The first kappa shape index (κ1) is 26.9. The van der Waals surface area contributed by atoms with Crippen molar-refractivity contribution in [1.82, 2.24) is 9.62 Å². The number of anilines is 1. The predicted molar refractivity (Wildman–Crippen MR) is 132 cm³/mol. The van der Waals surface area contributed by atoms with Crippen molar-refractivity contribution < 1.29 is 37.6 Å². The molecule has 4 atom stereocenters. The standard InChI is InChI=1S/C24H31FN4O7S/c1-12(2)20(26)22(32)35-13(3)36-23(33)28-10-14(9-17(28)24(4)7-8-24)15-5-6-16(30)21(19(15)25)29-11-18(31)27-37(29)34/h5-6,9,12-13,17,20,30H,7-8,10-11,26H2,1-4H3,(H,27,31). The quantitative estimate of drug-likeness (QED) is 0.352. The molecule has 1 aliphatic carbocycles. The number of nitrogens with two attached hydrogens (primary N) is 1. The van der Waals surface area contributed by atoms with Gasteiger partial charge in [-0.05, 0) is 41.9 Å². The fourth-order valence-electron chi connectivity index (χ4n) is 4.36. The van der Waals surface area contributed by atoms with Gasteiger partial charge in [-0.2, -0.15) is 0 Å². The van der Waals surface area contributed by atoms with Gasteiger partial charge in [0.05, 0.1) is 12.6 Å². The van der Waals surface area contributed by atoms with Crippen LogP contribution in [0.1, 0.15) is 46.1 Å². The molecule has 4 unspecified atom stereocenters. The van der Waals surface area contributed by atoms with Crippen LogP contribution in [0.4, 0.5) is 14.9 Å². The largest absolute Gasteiger partial charge is 0.506 e. The molecule has 0 aromatic heterocycles. The van der Waals surface area contributed by atoms with E-state index in [0.29, 0.717) is 5.57 Å². The molecule has 3 aliphatic rings. The normalized spacial score (nSPS) is 24.0. The van der Waals surface area contributed by atoms with E-state index >= 15 is 4.39 Å². The molecule has 1 aromatic carbocycles. The highest BCUT2D eigenvalue weighted by atomic mass is 32.2. The van der Waals surface area contributed by atoms with E-state index in [1.807, 2.05) is 6.92 Å². The monoisotopic (exact) mass is 538 g/mol. The molecule has 1 saturated heterocycles. The molecule has 2 heterocycles. The van der Waals surface area contributed by atoms with Gasteiger partial charge >= 0.3 is 12.1 Å². The maximum Gasteiger partial charge on any atom is 0.413 e. The molecule has 2 amide bonds. The molecule has 11 nitrogen and oxygen atoms in total. The number of phenols is 1. The zero-order valence-corrected chi connectivity index (χ0v) is 21.8. The Bertz CT molecular complexity index is 1190. The van der Waals surface area contributed by atoms with Gasteiger partial charge in [-0.25, -0.2) is 13.4 Å². The number of esters is 1. The third-order valence-corrected chi connectivity index (χ3v) is 8.06. The lowest BCUT2D eigenvalue weighted by atomic mass is 9.97. The third-order valence-electron chi connectivity index (χ3n) is 6.94. The summed E-state index contributed by atoms with van der Waals surface area (Å²) in [5, 5.41) is 10.3. The molecular formula is C24H31FN4O7S. The number of phenolic OH excluding ortho intramolecular Hbond substituents is 1. The Labute approximate surface area is 216 Å². The minimum Gasteiger partial charge on any atom is -0.506 e. The van der Waals surface area contributed by atoms with Crippen LogP contribution in [0.25, 0.3) is 5.57 Å². The van der Waals surface area contributed by atoms with Crippen molar-refractivity contribution >= 4 is 40.4 Å². The molecule has 0 bridgehead atoms. The summed E-state index contributed by atoms with van der Waals surface area (Å²) in [6.45, 7) is 6.57. The fourth-order valence-corrected chi connectivity index (χ4v) is 5.31. The molecule has 1 aromatic rings. The number of amides is 2. The molecule has 4 rings (SSSR count). The van der Waals surface area contributed by atoms with Crippen LogP contribution in [0.2, 0.25) is 0 Å². The summed E-state index contributed by atoms with van der Waals surface area (Å²) >= 11 is -2.04. The van der Waals surface area contributed by atoms with E-state index in [0.717, 1.165) is 17.1 Å². The number of halogens is 1. The summed E-state index contributed by atoms with van der Waals surface area (Å²) in [4.78, 5) is 38.4. The smallest absolute Gasteiger partial charge is 0.413 e. The zero-order valence-electron chi connectivity index (χ0n) is 21.0. The van der Waals surface area contributed by atoms with Gasteiger partial charge in [0, 0.05) is 12.5 Å². The Morgan fingerprint density at radius 1 is 1.24 bits per heavy atom. The van der Waals surface area contributed by atoms with Gasteiger partial charge in [0.15, 0.2) is 5.82 Å². The number of rotatable bonds is 7. The summed E-state index contributed by atoms with van der Waals surface area (Å²) in [6.07, 6.45) is 1.56. The Hall–Kier alpha value is -3.19.